The largest absolute Gasteiger partial charge is 0.442 e. The highest BCUT2D eigenvalue weighted by molar-refractivity contribution is 5.94. The van der Waals surface area contributed by atoms with Crippen LogP contribution in [0.3, 0.4) is 0 Å². The van der Waals surface area contributed by atoms with Gasteiger partial charge in [-0.3, -0.25) is 29.4 Å². The van der Waals surface area contributed by atoms with Crippen LogP contribution in [0.5, 0.6) is 0 Å². The minimum atomic E-state index is -0.942. The van der Waals surface area contributed by atoms with Gasteiger partial charge in [-0.15, -0.1) is 0 Å². The first-order chi connectivity index (χ1) is 22.6. The van der Waals surface area contributed by atoms with Crippen LogP contribution in [0, 0.1) is 21.7 Å². The molecule has 1 aromatic carbocycles. The van der Waals surface area contributed by atoms with Crippen LogP contribution in [0.15, 0.2) is 41.1 Å². The van der Waals surface area contributed by atoms with E-state index in [1.807, 2.05) is 41.5 Å². The number of carbonyl (C=O) groups excluding carboxylic acids is 3. The summed E-state index contributed by atoms with van der Waals surface area (Å²) in [5, 5.41) is 15.1. The summed E-state index contributed by atoms with van der Waals surface area (Å²) in [7, 11) is 0. The monoisotopic (exact) mass is 670 g/mol. The standard InChI is InChI=1S/C23H26F2N8O8.3C2H6/c24-16-9-14(31-13-15(40-23(31)36)12-30(27)4-3-26)10-17(25)21(16)29-5-6-32(39-8-7-29)19(34)11-28-22(35)18-1-2-20(41-18)33(37)38;3*1-2/h1-4,9-10,15H,5-8,11-13,26-27H2,(H,28,35);3*1-2H3/b4-3-;;;/t15-;;;/m0.../s1. The zero-order valence-electron chi connectivity index (χ0n) is 27.4. The number of ether oxygens (including phenoxy) is 1. The summed E-state index contributed by atoms with van der Waals surface area (Å²) in [6, 6.07) is 4.10. The number of amides is 3. The topological polar surface area (TPSA) is 203 Å². The molecule has 0 radical (unpaired) electrons. The van der Waals surface area contributed by atoms with Crippen molar-refractivity contribution in [2.24, 2.45) is 11.6 Å². The first-order valence-corrected chi connectivity index (χ1v) is 15.1. The Morgan fingerprint density at radius 3 is 2.32 bits per heavy atom. The summed E-state index contributed by atoms with van der Waals surface area (Å²) < 4.78 is 40.3. The summed E-state index contributed by atoms with van der Waals surface area (Å²) in [5.41, 5.74) is 4.86. The lowest BCUT2D eigenvalue weighted by Gasteiger charge is -2.24. The number of furan rings is 1. The molecule has 0 unspecified atom stereocenters. The Hall–Kier alpha value is -4.97. The van der Waals surface area contributed by atoms with E-state index in [0.29, 0.717) is 0 Å². The van der Waals surface area contributed by atoms with Gasteiger partial charge in [0.15, 0.2) is 17.4 Å². The lowest BCUT2D eigenvalue weighted by Crippen LogP contribution is -2.41. The van der Waals surface area contributed by atoms with Gasteiger partial charge in [-0.25, -0.2) is 24.5 Å². The van der Waals surface area contributed by atoms with E-state index in [4.69, 9.17) is 25.6 Å². The SMILES string of the molecule is CC.CC.CC.N/C=C\N(N)C[C@H]1CN(c2cc(F)c(N3CCON(C(=O)CNC(=O)c4ccc([N+](=O)[O-])o4)CC3)c(F)c2)C(=O)O1. The highest BCUT2D eigenvalue weighted by Gasteiger charge is 2.34. The molecule has 4 rings (SSSR count). The third-order valence-electron chi connectivity index (χ3n) is 6.05. The van der Waals surface area contributed by atoms with E-state index in [9.17, 15) is 24.5 Å². The number of hydrazine groups is 1. The number of halogens is 2. The average molecular weight is 671 g/mol. The Kier molecular flexibility index (Phi) is 17.2. The number of nitrogens with one attached hydrogen (secondary N) is 1. The second kappa shape index (κ2) is 20.2. The van der Waals surface area contributed by atoms with Crippen molar-refractivity contribution < 1.29 is 42.1 Å². The molecule has 0 spiro atoms. The maximum atomic E-state index is 15.2. The van der Waals surface area contributed by atoms with E-state index in [2.05, 4.69) is 5.32 Å². The Bertz CT molecular complexity index is 1340. The molecule has 262 valence electrons. The number of hydrogen-bond acceptors (Lipinski definition) is 12. The molecule has 5 N–H and O–H groups in total. The lowest BCUT2D eigenvalue weighted by molar-refractivity contribution is -0.402. The van der Waals surface area contributed by atoms with Crippen LogP contribution in [0.2, 0.25) is 0 Å². The Labute approximate surface area is 271 Å². The van der Waals surface area contributed by atoms with E-state index < -0.39 is 53.0 Å². The number of nitrogens with two attached hydrogens (primary N) is 2. The normalized spacial score (nSPS) is 15.6. The number of nitro groups is 1. The summed E-state index contributed by atoms with van der Waals surface area (Å²) in [6.07, 6.45) is 1.12. The molecule has 1 aromatic heterocycles. The van der Waals surface area contributed by atoms with Crippen LogP contribution >= 0.6 is 0 Å². The van der Waals surface area contributed by atoms with Gasteiger partial charge in [-0.05, 0) is 6.07 Å². The molecule has 2 saturated heterocycles. The molecule has 18 heteroatoms. The van der Waals surface area contributed by atoms with E-state index in [1.165, 1.54) is 22.3 Å². The van der Waals surface area contributed by atoms with Gasteiger partial charge in [0.05, 0.1) is 44.5 Å². The second-order valence-electron chi connectivity index (χ2n) is 8.81. The minimum absolute atomic E-state index is 0.00511. The fraction of sp³-hybridized carbons (Fsp3) is 0.483. The first kappa shape index (κ1) is 40.1. The molecule has 0 aliphatic carbocycles. The number of rotatable bonds is 9. The van der Waals surface area contributed by atoms with Crippen molar-refractivity contribution in [1.29, 1.82) is 0 Å². The molecule has 16 nitrogen and oxygen atoms in total. The third-order valence-corrected chi connectivity index (χ3v) is 6.05. The molecule has 47 heavy (non-hydrogen) atoms. The van der Waals surface area contributed by atoms with Gasteiger partial charge in [-0.1, -0.05) is 41.5 Å². The number of hydrogen-bond donors (Lipinski definition) is 3. The fourth-order valence-electron chi connectivity index (χ4n) is 4.19. The number of nitrogens with zero attached hydrogens (tertiary/aromatic N) is 5. The number of hydroxylamine groups is 2. The van der Waals surface area contributed by atoms with Crippen molar-refractivity contribution in [1.82, 2.24) is 15.4 Å². The molecule has 3 amide bonds. The maximum Gasteiger partial charge on any atom is 0.433 e. The van der Waals surface area contributed by atoms with Crippen LogP contribution in [-0.4, -0.2) is 84.9 Å². The number of benzene rings is 1. The average Bonchev–Trinajstić information content (AvgIpc) is 3.63. The van der Waals surface area contributed by atoms with Crippen LogP contribution in [-0.2, 0) is 14.4 Å². The van der Waals surface area contributed by atoms with Crippen molar-refractivity contribution >= 4 is 35.2 Å². The summed E-state index contributed by atoms with van der Waals surface area (Å²) >= 11 is 0. The quantitative estimate of drug-likeness (QED) is 0.199. The Morgan fingerprint density at radius 1 is 1.11 bits per heavy atom. The Morgan fingerprint density at radius 2 is 1.74 bits per heavy atom. The third kappa shape index (κ3) is 11.1. The van der Waals surface area contributed by atoms with Gasteiger partial charge >= 0.3 is 12.0 Å². The van der Waals surface area contributed by atoms with E-state index in [0.717, 1.165) is 34.2 Å². The number of anilines is 2. The van der Waals surface area contributed by atoms with E-state index in [-0.39, 0.29) is 56.5 Å². The molecule has 1 atom stereocenters. The summed E-state index contributed by atoms with van der Waals surface area (Å²) in [6.45, 7) is 11.4. The highest BCUT2D eigenvalue weighted by atomic mass is 19.1. The first-order valence-electron chi connectivity index (χ1n) is 15.1. The van der Waals surface area contributed by atoms with E-state index in [1.54, 1.807) is 0 Å². The van der Waals surface area contributed by atoms with Crippen LogP contribution < -0.4 is 26.7 Å². The molecular weight excluding hydrogens is 626 g/mol. The minimum Gasteiger partial charge on any atom is -0.442 e. The molecule has 2 aliphatic heterocycles. The second-order valence-corrected chi connectivity index (χ2v) is 8.81. The van der Waals surface area contributed by atoms with Gasteiger partial charge < -0.3 is 30.1 Å². The maximum absolute atomic E-state index is 15.2. The summed E-state index contributed by atoms with van der Waals surface area (Å²) in [5.74, 6) is 1.31. The van der Waals surface area contributed by atoms with Crippen molar-refractivity contribution in [3.8, 4) is 0 Å². The highest BCUT2D eigenvalue weighted by Crippen LogP contribution is 2.31. The molecular formula is C29H44F2N8O8. The van der Waals surface area contributed by atoms with Crippen LogP contribution in [0.25, 0.3) is 0 Å². The predicted octanol–water partition coefficient (Wildman–Crippen LogP) is 3.49. The van der Waals surface area contributed by atoms with E-state index >= 15 is 8.78 Å². The molecule has 2 aliphatic rings. The van der Waals surface area contributed by atoms with Gasteiger partial charge in [0.1, 0.15) is 16.7 Å². The van der Waals surface area contributed by atoms with Gasteiger partial charge in [0, 0.05) is 37.6 Å². The van der Waals surface area contributed by atoms with Gasteiger partial charge in [-0.2, -0.15) is 0 Å². The number of carbonyl (C=O) groups is 3. The smallest absolute Gasteiger partial charge is 0.433 e. The molecule has 2 aromatic rings. The molecule has 0 bridgehead atoms. The Balaban J connectivity index is 0.00000174. The van der Waals surface area contributed by atoms with Gasteiger partial charge in [0.2, 0.25) is 0 Å². The molecule has 0 saturated carbocycles. The van der Waals surface area contributed by atoms with Crippen molar-refractivity contribution in [2.75, 3.05) is 55.7 Å². The summed E-state index contributed by atoms with van der Waals surface area (Å²) in [4.78, 5) is 54.7. The molecule has 3 heterocycles. The zero-order chi connectivity index (χ0) is 35.7. The van der Waals surface area contributed by atoms with Crippen LogP contribution in [0.1, 0.15) is 52.1 Å². The van der Waals surface area contributed by atoms with Crippen LogP contribution in [0.4, 0.5) is 30.8 Å². The number of cyclic esters (lactones) is 1. The fourth-order valence-corrected chi connectivity index (χ4v) is 4.19. The van der Waals surface area contributed by atoms with Crippen molar-refractivity contribution in [3.05, 3.63) is 64.2 Å². The lowest BCUT2D eigenvalue weighted by atomic mass is 10.2. The van der Waals surface area contributed by atoms with Crippen molar-refractivity contribution in [3.63, 3.8) is 0 Å². The predicted molar refractivity (Wildman–Crippen MR) is 170 cm³/mol. The van der Waals surface area contributed by atoms with Gasteiger partial charge in [0.25, 0.3) is 11.8 Å². The molecule has 2 fully saturated rings. The van der Waals surface area contributed by atoms with Crippen molar-refractivity contribution in [2.45, 2.75) is 47.6 Å². The zero-order valence-corrected chi connectivity index (χ0v) is 27.4.